The summed E-state index contributed by atoms with van der Waals surface area (Å²) in [6, 6.07) is 1.63. The van der Waals surface area contributed by atoms with Crippen molar-refractivity contribution in [1.82, 2.24) is 0 Å². The van der Waals surface area contributed by atoms with Crippen LogP contribution in [0.2, 0.25) is 0 Å². The molecule has 0 aliphatic carbocycles. The fourth-order valence-electron chi connectivity index (χ4n) is 1.16. The molecule has 0 spiro atoms. The van der Waals surface area contributed by atoms with Crippen LogP contribution in [0.3, 0.4) is 0 Å². The smallest absolute Gasteiger partial charge is 0.0664 e. The Balaban J connectivity index is 2.29. The number of nitrogens with one attached hydrogen (secondary N) is 1. The van der Waals surface area contributed by atoms with E-state index in [4.69, 9.17) is 0 Å². The maximum absolute atomic E-state index is 3.92. The highest BCUT2D eigenvalue weighted by Gasteiger charge is 2.27. The van der Waals surface area contributed by atoms with Crippen molar-refractivity contribution in [1.29, 1.82) is 0 Å². The van der Waals surface area contributed by atoms with Crippen LogP contribution in [-0.4, -0.2) is 12.1 Å². The third kappa shape index (κ3) is 0.653. The first-order chi connectivity index (χ1) is 3.22. The molecular formula is C6H13N. The predicted molar refractivity (Wildman–Crippen MR) is 29.9 cm³/mol. The van der Waals surface area contributed by atoms with Gasteiger partial charge in [-0.2, -0.15) is 7.05 Å². The number of hydrogen-bond acceptors (Lipinski definition) is 0. The van der Waals surface area contributed by atoms with Crippen molar-refractivity contribution in [2.24, 2.45) is 0 Å². The molecule has 1 saturated heterocycles. The zero-order valence-corrected chi connectivity index (χ0v) is 5.07. The van der Waals surface area contributed by atoms with Crippen LogP contribution >= 0.6 is 0 Å². The molecule has 0 aromatic heterocycles. The summed E-state index contributed by atoms with van der Waals surface area (Å²) in [4.78, 5) is 1.44. The second-order valence-corrected chi connectivity index (χ2v) is 2.61. The van der Waals surface area contributed by atoms with Gasteiger partial charge >= 0.3 is 0 Å². The number of rotatable bonds is 0. The molecule has 0 unspecified atom stereocenters. The standard InChI is InChI=1S/C6H13N/c1-5-4-6(2)7(5)3/h5-7H,3-4H2,1-2H3/t5-,6-/m1/s1. The minimum absolute atomic E-state index is 0.815. The third-order valence-corrected chi connectivity index (χ3v) is 1.97. The first-order valence-electron chi connectivity index (χ1n) is 2.90. The Morgan fingerprint density at radius 3 is 1.86 bits per heavy atom. The number of quaternary nitrogens is 1. The lowest BCUT2D eigenvalue weighted by atomic mass is 9.98. The van der Waals surface area contributed by atoms with Crippen LogP contribution in [0.15, 0.2) is 0 Å². The Hall–Kier alpha value is -0.0400. The second kappa shape index (κ2) is 1.48. The van der Waals surface area contributed by atoms with Gasteiger partial charge in [-0.15, -0.1) is 0 Å². The van der Waals surface area contributed by atoms with E-state index in [2.05, 4.69) is 20.9 Å². The predicted octanol–water partition coefficient (Wildman–Crippen LogP) is -0.156. The highest BCUT2D eigenvalue weighted by Crippen LogP contribution is 2.00. The van der Waals surface area contributed by atoms with E-state index in [1.807, 2.05) is 0 Å². The van der Waals surface area contributed by atoms with Crippen molar-refractivity contribution in [3.63, 3.8) is 0 Å². The largest absolute Gasteiger partial charge is 0.463 e. The molecule has 1 nitrogen and oxygen atoms in total. The summed E-state index contributed by atoms with van der Waals surface area (Å²) in [6.07, 6.45) is 1.36. The average Bonchev–Trinajstić information content (AvgIpc) is 1.68. The maximum Gasteiger partial charge on any atom is 0.0664 e. The molecule has 1 heterocycles. The minimum Gasteiger partial charge on any atom is -0.463 e. The number of likely N-dealkylation sites (tertiary alicyclic amines) is 1. The lowest BCUT2D eigenvalue weighted by Gasteiger charge is -2.44. The summed E-state index contributed by atoms with van der Waals surface area (Å²) in [7, 11) is 3.92. The van der Waals surface area contributed by atoms with E-state index in [0.29, 0.717) is 0 Å². The summed E-state index contributed by atoms with van der Waals surface area (Å²) in [6.45, 7) is 4.48. The Labute approximate surface area is 45.3 Å². The topological polar surface area (TPSA) is 4.44 Å². The van der Waals surface area contributed by atoms with E-state index in [9.17, 15) is 0 Å². The molecule has 1 fully saturated rings. The Bertz CT molecular complexity index is 62.6. The monoisotopic (exact) mass is 99.1 g/mol. The van der Waals surface area contributed by atoms with Crippen molar-refractivity contribution in [3.8, 4) is 0 Å². The first kappa shape index (κ1) is 5.10. The summed E-state index contributed by atoms with van der Waals surface area (Å²) in [5.41, 5.74) is 0. The van der Waals surface area contributed by atoms with E-state index in [1.54, 1.807) is 0 Å². The summed E-state index contributed by atoms with van der Waals surface area (Å²) in [5, 5.41) is 0. The summed E-state index contributed by atoms with van der Waals surface area (Å²) in [5.74, 6) is 0. The highest BCUT2D eigenvalue weighted by molar-refractivity contribution is 4.65. The van der Waals surface area contributed by atoms with Gasteiger partial charge in [0.1, 0.15) is 0 Å². The molecule has 0 saturated carbocycles. The van der Waals surface area contributed by atoms with Crippen LogP contribution in [-0.2, 0) is 0 Å². The molecule has 7 heavy (non-hydrogen) atoms. The second-order valence-electron chi connectivity index (χ2n) is 2.61. The maximum atomic E-state index is 3.92. The van der Waals surface area contributed by atoms with Crippen molar-refractivity contribution in [3.05, 3.63) is 7.05 Å². The molecule has 1 aliphatic heterocycles. The molecule has 0 bridgehead atoms. The minimum atomic E-state index is 0.815. The first-order valence-corrected chi connectivity index (χ1v) is 2.90. The van der Waals surface area contributed by atoms with E-state index in [1.165, 1.54) is 11.3 Å². The van der Waals surface area contributed by atoms with Gasteiger partial charge in [-0.25, -0.2) is 0 Å². The summed E-state index contributed by atoms with van der Waals surface area (Å²) >= 11 is 0. The van der Waals surface area contributed by atoms with Gasteiger partial charge in [0.25, 0.3) is 0 Å². The lowest BCUT2D eigenvalue weighted by Crippen LogP contribution is -3.20. The van der Waals surface area contributed by atoms with Crippen molar-refractivity contribution >= 4 is 0 Å². The van der Waals surface area contributed by atoms with E-state index < -0.39 is 0 Å². The van der Waals surface area contributed by atoms with Gasteiger partial charge in [0.2, 0.25) is 0 Å². The van der Waals surface area contributed by atoms with E-state index in [-0.39, 0.29) is 0 Å². The number of hydrogen-bond donors (Lipinski definition) is 1. The quantitative estimate of drug-likeness (QED) is 0.403. The van der Waals surface area contributed by atoms with Crippen molar-refractivity contribution in [2.75, 3.05) is 0 Å². The molecule has 0 amide bonds. The van der Waals surface area contributed by atoms with Gasteiger partial charge in [0.05, 0.1) is 12.1 Å². The van der Waals surface area contributed by atoms with E-state index >= 15 is 0 Å². The van der Waals surface area contributed by atoms with Crippen LogP contribution in [0.25, 0.3) is 0 Å². The molecule has 2 atom stereocenters. The molecular weight excluding hydrogens is 86.1 g/mol. The average molecular weight is 99.2 g/mol. The highest BCUT2D eigenvalue weighted by atomic mass is 15.2. The zero-order valence-electron chi connectivity index (χ0n) is 5.07. The Morgan fingerprint density at radius 1 is 1.43 bits per heavy atom. The van der Waals surface area contributed by atoms with Gasteiger partial charge in [0.15, 0.2) is 0 Å². The third-order valence-electron chi connectivity index (χ3n) is 1.97. The molecule has 0 aromatic carbocycles. The van der Waals surface area contributed by atoms with Crippen LogP contribution in [0.4, 0.5) is 0 Å². The van der Waals surface area contributed by atoms with E-state index in [0.717, 1.165) is 12.1 Å². The Kier molecular flexibility index (Phi) is 1.08. The van der Waals surface area contributed by atoms with Gasteiger partial charge < -0.3 is 4.90 Å². The molecule has 1 rings (SSSR count). The molecule has 0 radical (unpaired) electrons. The zero-order chi connectivity index (χ0) is 5.44. The van der Waals surface area contributed by atoms with Crippen LogP contribution in [0.5, 0.6) is 0 Å². The van der Waals surface area contributed by atoms with Gasteiger partial charge in [-0.05, 0) is 13.8 Å². The van der Waals surface area contributed by atoms with Crippen molar-refractivity contribution in [2.45, 2.75) is 32.4 Å². The fourth-order valence-corrected chi connectivity index (χ4v) is 1.16. The molecule has 0 aromatic rings. The molecule has 1 aliphatic rings. The Morgan fingerprint density at radius 2 is 1.86 bits per heavy atom. The van der Waals surface area contributed by atoms with Gasteiger partial charge in [-0.3, -0.25) is 0 Å². The van der Waals surface area contributed by atoms with Gasteiger partial charge in [0, 0.05) is 6.42 Å². The van der Waals surface area contributed by atoms with Crippen LogP contribution < -0.4 is 4.90 Å². The molecule has 1 heteroatoms. The molecule has 42 valence electrons. The fraction of sp³-hybridized carbons (Fsp3) is 0.833. The normalized spacial score (nSPS) is 43.3. The van der Waals surface area contributed by atoms with Crippen LogP contribution in [0, 0.1) is 7.05 Å². The lowest BCUT2D eigenvalue weighted by molar-refractivity contribution is -0.949. The van der Waals surface area contributed by atoms with Crippen molar-refractivity contribution < 1.29 is 4.90 Å². The van der Waals surface area contributed by atoms with Gasteiger partial charge in [-0.1, -0.05) is 0 Å². The van der Waals surface area contributed by atoms with Crippen LogP contribution in [0.1, 0.15) is 20.3 Å². The SMILES string of the molecule is [CH2-][NH+]1[C@H](C)C[C@H]1C. The summed E-state index contributed by atoms with van der Waals surface area (Å²) < 4.78 is 0. The molecule has 1 N–H and O–H groups in total.